The quantitative estimate of drug-likeness (QED) is 0.176. The molecule has 0 spiro atoms. The Morgan fingerprint density at radius 3 is 0.905 bits per heavy atom. The lowest BCUT2D eigenvalue weighted by Crippen LogP contribution is -2.00. The molecule has 0 unspecified atom stereocenters. The number of fused-ring (bicyclic) bond motifs is 12. The molecule has 0 atom stereocenters. The summed E-state index contributed by atoms with van der Waals surface area (Å²) in [6.07, 6.45) is 5.49. The topological polar surface area (TPSA) is 66.3 Å². The molecule has 105 heavy (non-hydrogen) atoms. The van der Waals surface area contributed by atoms with Gasteiger partial charge in [-0.2, -0.15) is 0 Å². The molecule has 6 aromatic heterocycles. The van der Waals surface area contributed by atoms with E-state index >= 15 is 0 Å². The first-order chi connectivity index (χ1) is 52.1. The molecule has 6 heterocycles. The van der Waals surface area contributed by atoms with Gasteiger partial charge in [0.15, 0.2) is 0 Å². The number of rotatable bonds is 4. The lowest BCUT2D eigenvalue weighted by Gasteiger charge is -2.15. The molecule has 484 valence electrons. The van der Waals surface area contributed by atoms with Gasteiger partial charge in [0.2, 0.25) is 5.95 Å². The Balaban J connectivity index is 0.0000000965. The fourth-order valence-electron chi connectivity index (χ4n) is 18.1. The van der Waals surface area contributed by atoms with Crippen LogP contribution in [0.3, 0.4) is 0 Å². The Morgan fingerprint density at radius 1 is 0.181 bits per heavy atom. The van der Waals surface area contributed by atoms with Gasteiger partial charge in [-0.05, 0) is 235 Å². The van der Waals surface area contributed by atoms with E-state index < -0.39 is 0 Å². The summed E-state index contributed by atoms with van der Waals surface area (Å²) in [7, 11) is 0. The molecule has 0 N–H and O–H groups in total. The zero-order valence-corrected chi connectivity index (χ0v) is 56.5. The average Bonchev–Trinajstić information content (AvgIpc) is 1.56. The van der Waals surface area contributed by atoms with Gasteiger partial charge in [0.25, 0.3) is 0 Å². The van der Waals surface area contributed by atoms with E-state index in [0.29, 0.717) is 5.95 Å². The molecule has 0 aliphatic heterocycles. The lowest BCUT2D eigenvalue weighted by atomic mass is 9.91. The van der Waals surface area contributed by atoms with Gasteiger partial charge in [0.05, 0.1) is 38.8 Å². The van der Waals surface area contributed by atoms with Gasteiger partial charge < -0.3 is 0 Å². The number of aromatic nitrogens is 7. The molecule has 0 saturated carbocycles. The zero-order valence-electron chi connectivity index (χ0n) is 56.5. The van der Waals surface area contributed by atoms with Gasteiger partial charge in [-0.25, -0.2) is 19.9 Å². The molecule has 25 rings (SSSR count). The van der Waals surface area contributed by atoms with E-state index in [9.17, 15) is 0 Å². The molecule has 0 bridgehead atoms. The minimum Gasteiger partial charge on any atom is -0.294 e. The van der Waals surface area contributed by atoms with Crippen LogP contribution >= 0.6 is 0 Å². The van der Waals surface area contributed by atoms with E-state index in [-0.39, 0.29) is 0 Å². The normalized spacial score (nSPS) is 12.2. The summed E-state index contributed by atoms with van der Waals surface area (Å²) in [5, 5.41) is 23.1. The SMILES string of the molecule is c1ccc(-c2cccc(-n3c4cccc5c4c4c6c(cccc6ccc43)-c3cc4ccccc4cc3-5)n2)cc1.c1ccc(-n2c3cccc4c3c3c5c(cccc5ccc32)-c2cc3ccccc3cc2-4)nc1.c1cnc(-n2c3cccc4c3c3c5c(cccc5ccc32)-c2cc3ccccc3cc2-4)nc1. The third-order valence-corrected chi connectivity index (χ3v) is 22.5. The maximum absolute atomic E-state index is 5.18. The van der Waals surface area contributed by atoms with Crippen LogP contribution in [0, 0.1) is 0 Å². The van der Waals surface area contributed by atoms with E-state index in [2.05, 4.69) is 333 Å². The largest absolute Gasteiger partial charge is 0.294 e. The van der Waals surface area contributed by atoms with Crippen molar-refractivity contribution in [2.24, 2.45) is 0 Å². The van der Waals surface area contributed by atoms with Gasteiger partial charge in [-0.3, -0.25) is 13.7 Å². The van der Waals surface area contributed by atoms with Crippen LogP contribution in [0.1, 0.15) is 0 Å². The van der Waals surface area contributed by atoms with Gasteiger partial charge >= 0.3 is 0 Å². The van der Waals surface area contributed by atoms with E-state index in [1.807, 2.05) is 36.8 Å². The van der Waals surface area contributed by atoms with Gasteiger partial charge in [-0.1, -0.05) is 224 Å². The average molecular weight is 1330 g/mol. The summed E-state index contributed by atoms with van der Waals surface area (Å²) in [6.45, 7) is 0. The monoisotopic (exact) mass is 1330 g/mol. The number of pyridine rings is 2. The van der Waals surface area contributed by atoms with Crippen molar-refractivity contribution in [1.29, 1.82) is 0 Å². The molecule has 0 fully saturated rings. The molecule has 0 amide bonds. The number of hydrogen-bond acceptors (Lipinski definition) is 4. The first kappa shape index (κ1) is 57.6. The Bertz CT molecular complexity index is 7230. The molecule has 22 aromatic rings. The molecular weight excluding hydrogens is 1280 g/mol. The van der Waals surface area contributed by atoms with Crippen molar-refractivity contribution >= 4 is 130 Å². The van der Waals surface area contributed by atoms with Gasteiger partial charge in [0.1, 0.15) is 11.6 Å². The van der Waals surface area contributed by atoms with Crippen LogP contribution in [0.15, 0.2) is 346 Å². The van der Waals surface area contributed by atoms with Crippen LogP contribution in [-0.2, 0) is 0 Å². The predicted octanol–water partition coefficient (Wildman–Crippen LogP) is 25.5. The Morgan fingerprint density at radius 2 is 0.495 bits per heavy atom. The summed E-state index contributed by atoms with van der Waals surface area (Å²) in [5.74, 6) is 2.58. The molecule has 3 aliphatic rings. The van der Waals surface area contributed by atoms with Crippen molar-refractivity contribution in [3.05, 3.63) is 346 Å². The Labute approximate surface area is 601 Å². The summed E-state index contributed by atoms with van der Waals surface area (Å²) >= 11 is 0. The highest BCUT2D eigenvalue weighted by molar-refractivity contribution is 6.34. The van der Waals surface area contributed by atoms with Gasteiger partial charge in [-0.15, -0.1) is 0 Å². The van der Waals surface area contributed by atoms with Crippen LogP contribution < -0.4 is 0 Å². The second-order valence-corrected chi connectivity index (χ2v) is 27.9. The van der Waals surface area contributed by atoms with E-state index in [0.717, 1.165) is 33.9 Å². The summed E-state index contributed by atoms with van der Waals surface area (Å²) in [4.78, 5) is 19.1. The molecule has 0 saturated heterocycles. The van der Waals surface area contributed by atoms with Crippen molar-refractivity contribution < 1.29 is 0 Å². The first-order valence-electron chi connectivity index (χ1n) is 35.9. The molecule has 0 radical (unpaired) electrons. The maximum atomic E-state index is 5.18. The molecule has 7 heteroatoms. The van der Waals surface area contributed by atoms with E-state index in [1.54, 1.807) is 0 Å². The van der Waals surface area contributed by atoms with Crippen LogP contribution in [0.25, 0.3) is 226 Å². The summed E-state index contributed by atoms with van der Waals surface area (Å²) in [5.41, 5.74) is 24.6. The van der Waals surface area contributed by atoms with Crippen LogP contribution in [0.4, 0.5) is 0 Å². The van der Waals surface area contributed by atoms with Crippen molar-refractivity contribution in [2.45, 2.75) is 0 Å². The summed E-state index contributed by atoms with van der Waals surface area (Å²) < 4.78 is 6.87. The van der Waals surface area contributed by atoms with Crippen LogP contribution in [0.5, 0.6) is 0 Å². The first-order valence-corrected chi connectivity index (χ1v) is 35.9. The fraction of sp³-hybridized carbons (Fsp3) is 0. The smallest absolute Gasteiger partial charge is 0.234 e. The van der Waals surface area contributed by atoms with E-state index in [1.165, 1.54) is 186 Å². The second kappa shape index (κ2) is 22.2. The van der Waals surface area contributed by atoms with Crippen molar-refractivity contribution in [1.82, 2.24) is 33.6 Å². The highest BCUT2D eigenvalue weighted by Crippen LogP contribution is 2.54. The molecule has 7 nitrogen and oxygen atoms in total. The van der Waals surface area contributed by atoms with E-state index in [4.69, 9.17) is 9.97 Å². The van der Waals surface area contributed by atoms with Gasteiger partial charge in [0, 0.05) is 56.5 Å². The highest BCUT2D eigenvalue weighted by Gasteiger charge is 2.30. The number of hydrogen-bond donors (Lipinski definition) is 0. The predicted molar refractivity (Wildman–Crippen MR) is 437 cm³/mol. The lowest BCUT2D eigenvalue weighted by molar-refractivity contribution is 0.989. The zero-order chi connectivity index (χ0) is 68.5. The Kier molecular flexibility index (Phi) is 12.2. The summed E-state index contributed by atoms with van der Waals surface area (Å²) in [6, 6.07) is 119. The third-order valence-electron chi connectivity index (χ3n) is 22.5. The minimum atomic E-state index is 0.700. The molecule has 3 aliphatic carbocycles. The molecular formula is C98H57N7. The molecule has 16 aromatic carbocycles. The fourth-order valence-corrected chi connectivity index (χ4v) is 18.1. The van der Waals surface area contributed by atoms with Crippen molar-refractivity contribution in [3.63, 3.8) is 0 Å². The van der Waals surface area contributed by atoms with Crippen molar-refractivity contribution in [2.75, 3.05) is 0 Å². The third kappa shape index (κ3) is 8.37. The number of benzene rings is 16. The van der Waals surface area contributed by atoms with Crippen LogP contribution in [0.2, 0.25) is 0 Å². The van der Waals surface area contributed by atoms with Crippen molar-refractivity contribution in [3.8, 4) is 95.6 Å². The highest BCUT2D eigenvalue weighted by atomic mass is 15.1. The minimum absolute atomic E-state index is 0.700. The second-order valence-electron chi connectivity index (χ2n) is 27.9. The number of nitrogens with zero attached hydrogens (tertiary/aromatic N) is 7. The van der Waals surface area contributed by atoms with Crippen LogP contribution in [-0.4, -0.2) is 33.6 Å². The standard InChI is InChI=1S/C37H22N2.C31H18N2.C30H17N3/c1-2-9-23(10-3-1)31-16-8-18-34(38-31)39-32-17-7-15-28-30-22-26-12-5-4-11-25(26)21-29(30)27-14-6-13-24-19-20-33(39)37(35(24)27)36(28)32;1-2-8-21-18-25-23-11-6-12-26-30(23)31-27(33(26)28-13-3-4-16-32-28)15-14-19-9-5-10-22(29(19)31)24(25)17-20(21)7-1;1-2-7-20-17-24-22-10-4-11-25-28(22)29-26(33(25)30-31-14-5-15-32-30)13-12-18-8-3-9-21(27(18)29)23(24)16-19(20)6-1/h1-22H;1-18H;1-17H. The Hall–Kier alpha value is -14.1. The maximum Gasteiger partial charge on any atom is 0.234 e.